The fourth-order valence-electron chi connectivity index (χ4n) is 2.63. The standard InChI is InChI=1S/C15H18N2O5/c1-2-22-15(19)11-5-7-16(8-6-11)13-3-4-14(17(20)21)12(9-13)10-18/h3-4,9-11H,2,5-8H2,1H3. The molecule has 1 aliphatic rings. The average Bonchev–Trinajstić information content (AvgIpc) is 2.54. The molecule has 0 atom stereocenters. The molecule has 1 heterocycles. The van der Waals surface area contributed by atoms with Crippen LogP contribution >= 0.6 is 0 Å². The van der Waals surface area contributed by atoms with Gasteiger partial charge >= 0.3 is 5.97 Å². The lowest BCUT2D eigenvalue weighted by Gasteiger charge is -2.32. The van der Waals surface area contributed by atoms with Gasteiger partial charge in [0.25, 0.3) is 5.69 Å². The lowest BCUT2D eigenvalue weighted by atomic mass is 9.96. The van der Waals surface area contributed by atoms with Gasteiger partial charge in [0.15, 0.2) is 6.29 Å². The molecule has 0 bridgehead atoms. The molecule has 118 valence electrons. The van der Waals surface area contributed by atoms with Gasteiger partial charge in [-0.2, -0.15) is 0 Å². The summed E-state index contributed by atoms with van der Waals surface area (Å²) in [6, 6.07) is 4.50. The van der Waals surface area contributed by atoms with E-state index in [-0.39, 0.29) is 23.1 Å². The third-order valence-corrected chi connectivity index (χ3v) is 3.81. The summed E-state index contributed by atoms with van der Waals surface area (Å²) < 4.78 is 5.02. The summed E-state index contributed by atoms with van der Waals surface area (Å²) in [6.07, 6.45) is 1.84. The van der Waals surface area contributed by atoms with Crippen LogP contribution in [0.15, 0.2) is 18.2 Å². The molecule has 22 heavy (non-hydrogen) atoms. The first kappa shape index (κ1) is 15.9. The predicted molar refractivity (Wildman–Crippen MR) is 80.1 cm³/mol. The smallest absolute Gasteiger partial charge is 0.309 e. The third kappa shape index (κ3) is 3.41. The topological polar surface area (TPSA) is 89.8 Å². The Morgan fingerprint density at radius 1 is 1.45 bits per heavy atom. The monoisotopic (exact) mass is 306 g/mol. The molecule has 7 heteroatoms. The molecule has 1 aromatic rings. The number of piperidine rings is 1. The zero-order chi connectivity index (χ0) is 16.1. The van der Waals surface area contributed by atoms with Crippen LogP contribution in [0.3, 0.4) is 0 Å². The van der Waals surface area contributed by atoms with Crippen molar-refractivity contribution in [1.29, 1.82) is 0 Å². The molecule has 1 aliphatic heterocycles. The molecule has 0 radical (unpaired) electrons. The summed E-state index contributed by atoms with van der Waals surface area (Å²) >= 11 is 0. The number of nitro groups is 1. The first-order valence-electron chi connectivity index (χ1n) is 7.22. The molecule has 0 amide bonds. The number of hydrogen-bond acceptors (Lipinski definition) is 6. The molecule has 0 saturated carbocycles. The average molecular weight is 306 g/mol. The minimum absolute atomic E-state index is 0.0648. The van der Waals surface area contributed by atoms with E-state index in [1.54, 1.807) is 13.0 Å². The number of rotatable bonds is 5. The Balaban J connectivity index is 2.07. The normalized spacial score (nSPS) is 15.4. The van der Waals surface area contributed by atoms with E-state index in [1.807, 2.05) is 4.90 Å². The van der Waals surface area contributed by atoms with Crippen LogP contribution in [0.4, 0.5) is 11.4 Å². The van der Waals surface area contributed by atoms with Crippen molar-refractivity contribution in [2.45, 2.75) is 19.8 Å². The van der Waals surface area contributed by atoms with Crippen molar-refractivity contribution in [1.82, 2.24) is 0 Å². The highest BCUT2D eigenvalue weighted by atomic mass is 16.6. The molecule has 1 aromatic carbocycles. The van der Waals surface area contributed by atoms with Gasteiger partial charge in [0.2, 0.25) is 0 Å². The maximum absolute atomic E-state index is 11.7. The molecule has 7 nitrogen and oxygen atoms in total. The second-order valence-electron chi connectivity index (χ2n) is 5.13. The van der Waals surface area contributed by atoms with Gasteiger partial charge in [0.1, 0.15) is 0 Å². The van der Waals surface area contributed by atoms with E-state index >= 15 is 0 Å². The van der Waals surface area contributed by atoms with Crippen molar-refractivity contribution >= 4 is 23.6 Å². The molecule has 0 unspecified atom stereocenters. The number of benzene rings is 1. The van der Waals surface area contributed by atoms with Crippen molar-refractivity contribution < 1.29 is 19.2 Å². The molecule has 0 spiro atoms. The van der Waals surface area contributed by atoms with Crippen molar-refractivity contribution in [2.75, 3.05) is 24.6 Å². The number of nitro benzene ring substituents is 1. The van der Waals surface area contributed by atoms with E-state index in [1.165, 1.54) is 12.1 Å². The summed E-state index contributed by atoms with van der Waals surface area (Å²) in [4.78, 5) is 35.0. The van der Waals surface area contributed by atoms with Crippen molar-refractivity contribution in [3.05, 3.63) is 33.9 Å². The summed E-state index contributed by atoms with van der Waals surface area (Å²) in [5.74, 6) is -0.265. The minimum Gasteiger partial charge on any atom is -0.466 e. The quantitative estimate of drug-likeness (QED) is 0.358. The summed E-state index contributed by atoms with van der Waals surface area (Å²) in [7, 11) is 0. The zero-order valence-electron chi connectivity index (χ0n) is 12.4. The largest absolute Gasteiger partial charge is 0.466 e. The highest BCUT2D eigenvalue weighted by molar-refractivity contribution is 5.83. The zero-order valence-corrected chi connectivity index (χ0v) is 12.4. The second-order valence-corrected chi connectivity index (χ2v) is 5.13. The van der Waals surface area contributed by atoms with Gasteiger partial charge in [0.05, 0.1) is 23.0 Å². The Bertz CT molecular complexity index is 579. The number of hydrogen-bond donors (Lipinski definition) is 0. The SMILES string of the molecule is CCOC(=O)C1CCN(c2ccc([N+](=O)[O-])c(C=O)c2)CC1. The fraction of sp³-hybridized carbons (Fsp3) is 0.467. The van der Waals surface area contributed by atoms with E-state index in [2.05, 4.69) is 0 Å². The maximum atomic E-state index is 11.7. The number of esters is 1. The van der Waals surface area contributed by atoms with Crippen molar-refractivity contribution in [3.63, 3.8) is 0 Å². The van der Waals surface area contributed by atoms with Gasteiger partial charge in [-0.3, -0.25) is 19.7 Å². The summed E-state index contributed by atoms with van der Waals surface area (Å²) in [6.45, 7) is 3.47. The minimum atomic E-state index is -0.569. The van der Waals surface area contributed by atoms with Crippen molar-refractivity contribution in [2.24, 2.45) is 5.92 Å². The number of aldehydes is 1. The molecular formula is C15H18N2O5. The Morgan fingerprint density at radius 3 is 2.68 bits per heavy atom. The first-order valence-corrected chi connectivity index (χ1v) is 7.22. The van der Waals surface area contributed by atoms with Crippen LogP contribution in [-0.4, -0.2) is 36.9 Å². The summed E-state index contributed by atoms with van der Waals surface area (Å²) in [5.41, 5.74) is 0.630. The second kappa shape index (κ2) is 7.02. The van der Waals surface area contributed by atoms with E-state index < -0.39 is 4.92 Å². The number of ether oxygens (including phenoxy) is 1. The van der Waals surface area contributed by atoms with Crippen LogP contribution in [-0.2, 0) is 9.53 Å². The Hall–Kier alpha value is -2.44. The molecular weight excluding hydrogens is 288 g/mol. The number of anilines is 1. The molecule has 0 aliphatic carbocycles. The lowest BCUT2D eigenvalue weighted by molar-refractivity contribution is -0.385. The third-order valence-electron chi connectivity index (χ3n) is 3.81. The maximum Gasteiger partial charge on any atom is 0.309 e. The Kier molecular flexibility index (Phi) is 5.08. The number of nitrogens with zero attached hydrogens (tertiary/aromatic N) is 2. The number of carbonyl (C=O) groups is 2. The Morgan fingerprint density at radius 2 is 2.14 bits per heavy atom. The van der Waals surface area contributed by atoms with Gasteiger partial charge in [-0.25, -0.2) is 0 Å². The molecule has 1 saturated heterocycles. The van der Waals surface area contributed by atoms with Crippen LogP contribution in [0.25, 0.3) is 0 Å². The van der Waals surface area contributed by atoms with Crippen molar-refractivity contribution in [3.8, 4) is 0 Å². The number of carbonyl (C=O) groups excluding carboxylic acids is 2. The highest BCUT2D eigenvalue weighted by Gasteiger charge is 2.26. The van der Waals surface area contributed by atoms with Crippen LogP contribution in [0.2, 0.25) is 0 Å². The molecule has 2 rings (SSSR count). The lowest BCUT2D eigenvalue weighted by Crippen LogP contribution is -2.37. The van der Waals surface area contributed by atoms with Gasteiger partial charge in [-0.15, -0.1) is 0 Å². The highest BCUT2D eigenvalue weighted by Crippen LogP contribution is 2.28. The van der Waals surface area contributed by atoms with Gasteiger partial charge < -0.3 is 9.64 Å². The van der Waals surface area contributed by atoms with Gasteiger partial charge in [-0.1, -0.05) is 0 Å². The van der Waals surface area contributed by atoms with Crippen LogP contribution in [0.5, 0.6) is 0 Å². The first-order chi connectivity index (χ1) is 10.6. The van der Waals surface area contributed by atoms with Crippen LogP contribution in [0, 0.1) is 16.0 Å². The van der Waals surface area contributed by atoms with E-state index in [0.29, 0.717) is 38.8 Å². The molecule has 0 N–H and O–H groups in total. The van der Waals surface area contributed by atoms with E-state index in [9.17, 15) is 19.7 Å². The Labute approximate surface area is 128 Å². The summed E-state index contributed by atoms with van der Waals surface area (Å²) in [5, 5.41) is 10.8. The van der Waals surface area contributed by atoms with Gasteiger partial charge in [-0.05, 0) is 31.9 Å². The molecule has 0 aromatic heterocycles. The molecule has 1 fully saturated rings. The van der Waals surface area contributed by atoms with E-state index in [0.717, 1.165) is 5.69 Å². The van der Waals surface area contributed by atoms with Crippen LogP contribution < -0.4 is 4.90 Å². The van der Waals surface area contributed by atoms with Crippen LogP contribution in [0.1, 0.15) is 30.1 Å². The van der Waals surface area contributed by atoms with Gasteiger partial charge in [0, 0.05) is 24.8 Å². The van der Waals surface area contributed by atoms with E-state index in [4.69, 9.17) is 4.74 Å². The predicted octanol–water partition coefficient (Wildman–Crippen LogP) is 2.19. The fourth-order valence-corrected chi connectivity index (χ4v) is 2.63.